The van der Waals surface area contributed by atoms with Crippen molar-refractivity contribution in [2.24, 2.45) is 0 Å². The van der Waals surface area contributed by atoms with Gasteiger partial charge >= 0.3 is 0 Å². The topological polar surface area (TPSA) is 0 Å². The standard InChI is InChI=1S/C18H19F3/c19-11-4-2-1-3-6-14-9-10-17(18(21)12-14)15-7-5-8-16(20)13-15/h5,7-10,12-13H,1-4,6,11H2. The van der Waals surface area contributed by atoms with Crippen molar-refractivity contribution < 1.29 is 13.2 Å². The number of aryl methyl sites for hydroxylation is 1. The van der Waals surface area contributed by atoms with Crippen LogP contribution in [0.5, 0.6) is 0 Å². The molecule has 3 heteroatoms. The molecule has 0 aromatic heterocycles. The van der Waals surface area contributed by atoms with Crippen LogP contribution in [-0.4, -0.2) is 6.67 Å². The van der Waals surface area contributed by atoms with E-state index in [0.717, 1.165) is 31.2 Å². The lowest BCUT2D eigenvalue weighted by Gasteiger charge is -2.07. The van der Waals surface area contributed by atoms with Crippen molar-refractivity contribution in [2.45, 2.75) is 32.1 Å². The van der Waals surface area contributed by atoms with E-state index in [9.17, 15) is 13.2 Å². The van der Waals surface area contributed by atoms with Gasteiger partial charge in [0.05, 0.1) is 6.67 Å². The minimum absolute atomic E-state index is 0.267. The fourth-order valence-corrected chi connectivity index (χ4v) is 2.38. The van der Waals surface area contributed by atoms with Gasteiger partial charge in [-0.05, 0) is 48.6 Å². The van der Waals surface area contributed by atoms with Gasteiger partial charge in [-0.25, -0.2) is 8.78 Å². The van der Waals surface area contributed by atoms with Crippen molar-refractivity contribution >= 4 is 0 Å². The van der Waals surface area contributed by atoms with Gasteiger partial charge in [-0.15, -0.1) is 0 Å². The molecular formula is C18H19F3. The van der Waals surface area contributed by atoms with Gasteiger partial charge in [-0.3, -0.25) is 4.39 Å². The summed E-state index contributed by atoms with van der Waals surface area (Å²) in [7, 11) is 0. The average molecular weight is 292 g/mol. The Morgan fingerprint density at radius 2 is 1.62 bits per heavy atom. The smallest absolute Gasteiger partial charge is 0.131 e. The first-order valence-electron chi connectivity index (χ1n) is 7.31. The minimum Gasteiger partial charge on any atom is -0.251 e. The number of benzene rings is 2. The molecule has 0 atom stereocenters. The molecule has 0 aliphatic rings. The highest BCUT2D eigenvalue weighted by atomic mass is 19.1. The van der Waals surface area contributed by atoms with E-state index in [0.29, 0.717) is 17.5 Å². The number of alkyl halides is 1. The Morgan fingerprint density at radius 3 is 2.33 bits per heavy atom. The summed E-state index contributed by atoms with van der Waals surface area (Å²) in [6.07, 6.45) is 4.15. The Morgan fingerprint density at radius 1 is 0.810 bits per heavy atom. The molecule has 0 N–H and O–H groups in total. The summed E-state index contributed by atoms with van der Waals surface area (Å²) in [4.78, 5) is 0. The molecule has 0 amide bonds. The van der Waals surface area contributed by atoms with Crippen molar-refractivity contribution in [3.63, 3.8) is 0 Å². The monoisotopic (exact) mass is 292 g/mol. The summed E-state index contributed by atoms with van der Waals surface area (Å²) < 4.78 is 39.3. The number of hydrogen-bond acceptors (Lipinski definition) is 0. The van der Waals surface area contributed by atoms with Crippen molar-refractivity contribution in [2.75, 3.05) is 6.67 Å². The van der Waals surface area contributed by atoms with Crippen LogP contribution in [-0.2, 0) is 6.42 Å². The molecule has 0 aliphatic heterocycles. The third kappa shape index (κ3) is 4.62. The van der Waals surface area contributed by atoms with Gasteiger partial charge in [0.15, 0.2) is 0 Å². The molecule has 0 fully saturated rings. The maximum absolute atomic E-state index is 14.1. The van der Waals surface area contributed by atoms with Crippen molar-refractivity contribution in [1.29, 1.82) is 0 Å². The van der Waals surface area contributed by atoms with Crippen LogP contribution in [0.2, 0.25) is 0 Å². The SMILES string of the molecule is FCCCCCCc1ccc(-c2cccc(F)c2)c(F)c1. The van der Waals surface area contributed by atoms with Crippen molar-refractivity contribution in [3.8, 4) is 11.1 Å². The molecule has 0 heterocycles. The van der Waals surface area contributed by atoms with E-state index < -0.39 is 0 Å². The molecule has 0 spiro atoms. The molecule has 2 rings (SSSR count). The first-order chi connectivity index (χ1) is 10.2. The van der Waals surface area contributed by atoms with E-state index >= 15 is 0 Å². The summed E-state index contributed by atoms with van der Waals surface area (Å²) in [5.41, 5.74) is 1.88. The number of hydrogen-bond donors (Lipinski definition) is 0. The zero-order chi connectivity index (χ0) is 15.1. The van der Waals surface area contributed by atoms with Crippen LogP contribution in [0.15, 0.2) is 42.5 Å². The van der Waals surface area contributed by atoms with Crippen LogP contribution in [0, 0.1) is 11.6 Å². The highest BCUT2D eigenvalue weighted by molar-refractivity contribution is 5.64. The van der Waals surface area contributed by atoms with Crippen molar-refractivity contribution in [1.82, 2.24) is 0 Å². The van der Waals surface area contributed by atoms with Crippen LogP contribution in [0.4, 0.5) is 13.2 Å². The Balaban J connectivity index is 2.01. The number of unbranched alkanes of at least 4 members (excludes halogenated alkanes) is 3. The zero-order valence-corrected chi connectivity index (χ0v) is 11.9. The molecule has 2 aromatic carbocycles. The van der Waals surface area contributed by atoms with Gasteiger partial charge in [0.25, 0.3) is 0 Å². The Bertz CT molecular complexity index is 578. The molecule has 2 aromatic rings. The largest absolute Gasteiger partial charge is 0.251 e. The molecule has 0 nitrogen and oxygen atoms in total. The highest BCUT2D eigenvalue weighted by Crippen LogP contribution is 2.24. The van der Waals surface area contributed by atoms with E-state index in [1.54, 1.807) is 18.2 Å². The minimum atomic E-state index is -0.371. The molecular weight excluding hydrogens is 273 g/mol. The lowest BCUT2D eigenvalue weighted by Crippen LogP contribution is -1.91. The molecule has 0 unspecified atom stereocenters. The van der Waals surface area contributed by atoms with Gasteiger partial charge in [0, 0.05) is 5.56 Å². The van der Waals surface area contributed by atoms with Crippen LogP contribution in [0.1, 0.15) is 31.2 Å². The van der Waals surface area contributed by atoms with E-state index in [4.69, 9.17) is 0 Å². The third-order valence-electron chi connectivity index (χ3n) is 3.52. The summed E-state index contributed by atoms with van der Waals surface area (Å²) in [6, 6.07) is 11.0. The van der Waals surface area contributed by atoms with Crippen LogP contribution >= 0.6 is 0 Å². The van der Waals surface area contributed by atoms with E-state index in [2.05, 4.69) is 0 Å². The molecule has 0 radical (unpaired) electrons. The second-order valence-electron chi connectivity index (χ2n) is 5.18. The Hall–Kier alpha value is -1.77. The molecule has 0 bridgehead atoms. The lowest BCUT2D eigenvalue weighted by molar-refractivity contribution is 0.453. The molecule has 0 saturated heterocycles. The van der Waals surface area contributed by atoms with Gasteiger partial charge < -0.3 is 0 Å². The second kappa shape index (κ2) is 7.87. The van der Waals surface area contributed by atoms with Gasteiger partial charge in [0.2, 0.25) is 0 Å². The van der Waals surface area contributed by atoms with E-state index in [1.807, 2.05) is 6.07 Å². The maximum Gasteiger partial charge on any atom is 0.131 e. The third-order valence-corrected chi connectivity index (χ3v) is 3.52. The first-order valence-corrected chi connectivity index (χ1v) is 7.31. The second-order valence-corrected chi connectivity index (χ2v) is 5.18. The highest BCUT2D eigenvalue weighted by Gasteiger charge is 2.07. The lowest BCUT2D eigenvalue weighted by atomic mass is 10.0. The van der Waals surface area contributed by atoms with Crippen molar-refractivity contribution in [3.05, 3.63) is 59.7 Å². The zero-order valence-electron chi connectivity index (χ0n) is 11.9. The quantitative estimate of drug-likeness (QED) is 0.574. The summed E-state index contributed by atoms with van der Waals surface area (Å²) >= 11 is 0. The maximum atomic E-state index is 14.1. The van der Waals surface area contributed by atoms with Crippen LogP contribution in [0.25, 0.3) is 11.1 Å². The predicted octanol–water partition coefficient (Wildman–Crippen LogP) is 5.70. The fraction of sp³-hybridized carbons (Fsp3) is 0.333. The van der Waals surface area contributed by atoms with E-state index in [1.165, 1.54) is 18.2 Å². The van der Waals surface area contributed by atoms with Crippen LogP contribution < -0.4 is 0 Å². The Labute approximate surface area is 123 Å². The summed E-state index contributed by atoms with van der Waals surface area (Å²) in [5.74, 6) is -0.703. The van der Waals surface area contributed by atoms with E-state index in [-0.39, 0.29) is 18.3 Å². The molecule has 21 heavy (non-hydrogen) atoms. The number of halogens is 3. The average Bonchev–Trinajstić information content (AvgIpc) is 2.47. The predicted molar refractivity (Wildman–Crippen MR) is 79.9 cm³/mol. The summed E-state index contributed by atoms with van der Waals surface area (Å²) in [5, 5.41) is 0. The Kier molecular flexibility index (Phi) is 5.85. The normalized spacial score (nSPS) is 10.8. The van der Waals surface area contributed by atoms with Gasteiger partial charge in [-0.2, -0.15) is 0 Å². The van der Waals surface area contributed by atoms with Crippen LogP contribution in [0.3, 0.4) is 0 Å². The molecule has 0 aliphatic carbocycles. The first kappa shape index (κ1) is 15.6. The molecule has 112 valence electrons. The summed E-state index contributed by atoms with van der Waals surface area (Å²) in [6.45, 7) is -0.267. The van der Waals surface area contributed by atoms with Gasteiger partial charge in [-0.1, -0.05) is 37.1 Å². The van der Waals surface area contributed by atoms with Gasteiger partial charge in [0.1, 0.15) is 11.6 Å². The molecule has 0 saturated carbocycles. The fourth-order valence-electron chi connectivity index (χ4n) is 2.38. The number of rotatable bonds is 7.